The number of anilines is 1. The van der Waals surface area contributed by atoms with Crippen LogP contribution in [0, 0.1) is 13.8 Å². The molecule has 3 heterocycles. The second-order valence-corrected chi connectivity index (χ2v) is 7.75. The average Bonchev–Trinajstić information content (AvgIpc) is 2.86. The van der Waals surface area contributed by atoms with Crippen LogP contribution < -0.4 is 10.5 Å². The summed E-state index contributed by atoms with van der Waals surface area (Å²) in [7, 11) is 1.65. The molecule has 0 fully saturated rings. The summed E-state index contributed by atoms with van der Waals surface area (Å²) in [6.45, 7) is 7.91. The standard InChI is InChI=1S/C19H24ClN5O2/c1-10-7-22-13(11(2)15(10)27-5)9-25-8-12(6-19(3,4)26)14-16(20)23-18(21)24-17(14)25/h7-8,26H,6,9H2,1-5H3,(H2,21,23,24). The summed E-state index contributed by atoms with van der Waals surface area (Å²) >= 11 is 6.35. The van der Waals surface area contributed by atoms with Gasteiger partial charge in [0.25, 0.3) is 0 Å². The summed E-state index contributed by atoms with van der Waals surface area (Å²) in [5, 5.41) is 11.2. The van der Waals surface area contributed by atoms with E-state index in [4.69, 9.17) is 22.1 Å². The molecule has 3 aromatic rings. The van der Waals surface area contributed by atoms with Crippen LogP contribution in [0.5, 0.6) is 5.75 Å². The van der Waals surface area contributed by atoms with Gasteiger partial charge >= 0.3 is 0 Å². The molecule has 0 radical (unpaired) electrons. The topological polar surface area (TPSA) is 99.1 Å². The van der Waals surface area contributed by atoms with E-state index >= 15 is 0 Å². The highest BCUT2D eigenvalue weighted by Gasteiger charge is 2.22. The number of rotatable bonds is 5. The lowest BCUT2D eigenvalue weighted by atomic mass is 9.99. The fourth-order valence-electron chi connectivity index (χ4n) is 3.35. The molecule has 3 rings (SSSR count). The van der Waals surface area contributed by atoms with E-state index in [-0.39, 0.29) is 11.1 Å². The first-order valence-corrected chi connectivity index (χ1v) is 9.00. The van der Waals surface area contributed by atoms with E-state index in [1.165, 1.54) is 0 Å². The fraction of sp³-hybridized carbons (Fsp3) is 0.421. The van der Waals surface area contributed by atoms with Crippen LogP contribution in [-0.2, 0) is 13.0 Å². The summed E-state index contributed by atoms with van der Waals surface area (Å²) in [6, 6.07) is 0. The van der Waals surface area contributed by atoms with E-state index in [0.29, 0.717) is 24.0 Å². The third-order valence-electron chi connectivity index (χ3n) is 4.46. The van der Waals surface area contributed by atoms with Gasteiger partial charge in [0.05, 0.1) is 30.3 Å². The largest absolute Gasteiger partial charge is 0.496 e. The van der Waals surface area contributed by atoms with Gasteiger partial charge in [-0.15, -0.1) is 0 Å². The highest BCUT2D eigenvalue weighted by atomic mass is 35.5. The third kappa shape index (κ3) is 3.84. The van der Waals surface area contributed by atoms with E-state index < -0.39 is 5.60 Å². The maximum absolute atomic E-state index is 10.3. The molecule has 7 nitrogen and oxygen atoms in total. The van der Waals surface area contributed by atoms with Crippen molar-refractivity contribution in [3.63, 3.8) is 0 Å². The normalized spacial score (nSPS) is 12.0. The van der Waals surface area contributed by atoms with Crippen molar-refractivity contribution in [3.05, 3.63) is 39.9 Å². The van der Waals surface area contributed by atoms with Crippen molar-refractivity contribution in [1.29, 1.82) is 0 Å². The summed E-state index contributed by atoms with van der Waals surface area (Å²) in [5.74, 6) is 0.924. The number of aryl methyl sites for hydroxylation is 1. The van der Waals surface area contributed by atoms with Crippen molar-refractivity contribution < 1.29 is 9.84 Å². The molecule has 0 spiro atoms. The Kier molecular flexibility index (Phi) is 5.01. The second kappa shape index (κ2) is 6.98. The summed E-state index contributed by atoms with van der Waals surface area (Å²) in [5.41, 5.74) is 9.20. The van der Waals surface area contributed by atoms with Crippen LogP contribution >= 0.6 is 11.6 Å². The van der Waals surface area contributed by atoms with Crippen LogP contribution in [0.25, 0.3) is 11.0 Å². The number of hydrogen-bond donors (Lipinski definition) is 2. The molecule has 144 valence electrons. The van der Waals surface area contributed by atoms with Crippen LogP contribution in [0.3, 0.4) is 0 Å². The molecule has 0 aliphatic carbocycles. The number of ether oxygens (including phenoxy) is 1. The molecule has 0 saturated carbocycles. The van der Waals surface area contributed by atoms with Crippen molar-refractivity contribution >= 4 is 28.6 Å². The Morgan fingerprint density at radius 1 is 1.30 bits per heavy atom. The molecule has 8 heteroatoms. The van der Waals surface area contributed by atoms with Crippen molar-refractivity contribution in [3.8, 4) is 5.75 Å². The molecule has 0 bridgehead atoms. The lowest BCUT2D eigenvalue weighted by Crippen LogP contribution is -2.21. The van der Waals surface area contributed by atoms with E-state index in [1.54, 1.807) is 27.2 Å². The monoisotopic (exact) mass is 389 g/mol. The van der Waals surface area contributed by atoms with Gasteiger partial charge in [0.2, 0.25) is 5.95 Å². The summed E-state index contributed by atoms with van der Waals surface area (Å²) in [4.78, 5) is 13.0. The number of hydrogen-bond acceptors (Lipinski definition) is 6. The molecule has 0 aliphatic rings. The van der Waals surface area contributed by atoms with Gasteiger partial charge in [-0.1, -0.05) is 11.6 Å². The molecule has 3 N–H and O–H groups in total. The van der Waals surface area contributed by atoms with Gasteiger partial charge in [0, 0.05) is 29.9 Å². The van der Waals surface area contributed by atoms with E-state index in [2.05, 4.69) is 15.0 Å². The molecular formula is C19H24ClN5O2. The molecule has 0 atom stereocenters. The number of halogens is 1. The number of nitrogen functional groups attached to an aromatic ring is 1. The van der Waals surface area contributed by atoms with Crippen LogP contribution in [0.1, 0.15) is 36.2 Å². The zero-order valence-corrected chi connectivity index (χ0v) is 16.9. The predicted molar refractivity (Wildman–Crippen MR) is 106 cm³/mol. The smallest absolute Gasteiger partial charge is 0.223 e. The molecule has 0 aliphatic heterocycles. The number of pyridine rings is 1. The second-order valence-electron chi connectivity index (χ2n) is 7.39. The first-order valence-electron chi connectivity index (χ1n) is 8.63. The molecule has 0 amide bonds. The Hall–Kier alpha value is -2.38. The molecule has 0 unspecified atom stereocenters. The minimum absolute atomic E-state index is 0.104. The maximum Gasteiger partial charge on any atom is 0.223 e. The number of nitrogens with two attached hydrogens (primary N) is 1. The maximum atomic E-state index is 10.3. The molecule has 0 aromatic carbocycles. The third-order valence-corrected chi connectivity index (χ3v) is 4.73. The quantitative estimate of drug-likeness (QED) is 0.650. The van der Waals surface area contributed by atoms with Gasteiger partial charge in [-0.05, 0) is 33.3 Å². The Morgan fingerprint density at radius 2 is 2.00 bits per heavy atom. The van der Waals surface area contributed by atoms with Crippen molar-refractivity contribution in [2.45, 2.75) is 46.3 Å². The highest BCUT2D eigenvalue weighted by molar-refractivity contribution is 6.34. The van der Waals surface area contributed by atoms with Gasteiger partial charge in [-0.25, -0.2) is 4.98 Å². The van der Waals surface area contributed by atoms with E-state index in [9.17, 15) is 5.11 Å². The number of aliphatic hydroxyl groups is 1. The van der Waals surface area contributed by atoms with Crippen LogP contribution in [0.4, 0.5) is 5.95 Å². The zero-order valence-electron chi connectivity index (χ0n) is 16.2. The van der Waals surface area contributed by atoms with Gasteiger partial charge < -0.3 is 20.1 Å². The predicted octanol–water partition coefficient (Wildman–Crippen LogP) is 3.05. The van der Waals surface area contributed by atoms with Gasteiger partial charge in [0.1, 0.15) is 16.5 Å². The Balaban J connectivity index is 2.15. The lowest BCUT2D eigenvalue weighted by molar-refractivity contribution is 0.0813. The minimum atomic E-state index is -0.898. The Labute approximate surface area is 163 Å². The zero-order chi connectivity index (χ0) is 19.9. The van der Waals surface area contributed by atoms with Gasteiger partial charge in [0.15, 0.2) is 0 Å². The molecule has 3 aromatic heterocycles. The Morgan fingerprint density at radius 3 is 2.63 bits per heavy atom. The molecule has 0 saturated heterocycles. The van der Waals surface area contributed by atoms with Crippen LogP contribution in [-0.4, -0.2) is 37.3 Å². The number of fused-ring (bicyclic) bond motifs is 1. The number of nitrogens with zero attached hydrogens (tertiary/aromatic N) is 4. The van der Waals surface area contributed by atoms with Crippen LogP contribution in [0.15, 0.2) is 12.4 Å². The van der Waals surface area contributed by atoms with Crippen molar-refractivity contribution in [2.75, 3.05) is 12.8 Å². The minimum Gasteiger partial charge on any atom is -0.496 e. The average molecular weight is 390 g/mol. The summed E-state index contributed by atoms with van der Waals surface area (Å²) < 4.78 is 7.44. The Bertz CT molecular complexity index is 1010. The molecule has 27 heavy (non-hydrogen) atoms. The number of methoxy groups -OCH3 is 1. The SMILES string of the molecule is COc1c(C)cnc(Cn2cc(CC(C)(C)O)c3c(Cl)nc(N)nc32)c1C. The van der Waals surface area contributed by atoms with Crippen molar-refractivity contribution in [2.24, 2.45) is 0 Å². The summed E-state index contributed by atoms with van der Waals surface area (Å²) in [6.07, 6.45) is 4.13. The van der Waals surface area contributed by atoms with Crippen LogP contribution in [0.2, 0.25) is 5.15 Å². The van der Waals surface area contributed by atoms with Crippen molar-refractivity contribution in [1.82, 2.24) is 19.5 Å². The highest BCUT2D eigenvalue weighted by Crippen LogP contribution is 2.31. The van der Waals surface area contributed by atoms with E-state index in [1.807, 2.05) is 24.6 Å². The first-order chi connectivity index (χ1) is 12.6. The first kappa shape index (κ1) is 19.4. The van der Waals surface area contributed by atoms with Gasteiger partial charge in [-0.2, -0.15) is 4.98 Å². The number of aromatic nitrogens is 4. The molecular weight excluding hydrogens is 366 g/mol. The van der Waals surface area contributed by atoms with Gasteiger partial charge in [-0.3, -0.25) is 4.98 Å². The lowest BCUT2D eigenvalue weighted by Gasteiger charge is -2.16. The van der Waals surface area contributed by atoms with E-state index in [0.717, 1.165) is 28.1 Å². The fourth-order valence-corrected chi connectivity index (χ4v) is 3.64.